The second-order valence-electron chi connectivity index (χ2n) is 11.9. The number of nitrogens with zero attached hydrogens (tertiary/aromatic N) is 6. The van der Waals surface area contributed by atoms with Crippen molar-refractivity contribution in [3.05, 3.63) is 23.5 Å². The molecule has 0 unspecified atom stereocenters. The lowest BCUT2D eigenvalue weighted by molar-refractivity contribution is 0.436. The van der Waals surface area contributed by atoms with Gasteiger partial charge in [-0.25, -0.2) is 9.97 Å². The molecule has 6 rings (SSSR count). The molecule has 2 atom stereocenters. The van der Waals surface area contributed by atoms with Gasteiger partial charge in [0, 0.05) is 75.3 Å². The Morgan fingerprint density at radius 3 is 1.95 bits per heavy atom. The topological polar surface area (TPSA) is 134 Å². The molecule has 2 aromatic rings. The van der Waals surface area contributed by atoms with Crippen LogP contribution in [0.5, 0.6) is 0 Å². The van der Waals surface area contributed by atoms with Crippen LogP contribution in [0.4, 0.5) is 23.5 Å². The Hall–Kier alpha value is -2.72. The Morgan fingerprint density at radius 2 is 1.33 bits per heavy atom. The molecule has 2 aliphatic heterocycles. The fourth-order valence-electron chi connectivity index (χ4n) is 6.61. The van der Waals surface area contributed by atoms with Crippen molar-refractivity contribution in [3.63, 3.8) is 0 Å². The number of nitrogens with two attached hydrogens (primary N) is 2. The summed E-state index contributed by atoms with van der Waals surface area (Å²) in [4.78, 5) is 22.5. The first-order valence-electron chi connectivity index (χ1n) is 15.2. The summed E-state index contributed by atoms with van der Waals surface area (Å²) >= 11 is 0. The van der Waals surface area contributed by atoms with E-state index in [0.717, 1.165) is 62.3 Å². The van der Waals surface area contributed by atoms with E-state index in [-0.39, 0.29) is 0 Å². The normalized spacial score (nSPS) is 24.9. The van der Waals surface area contributed by atoms with E-state index in [2.05, 4.69) is 66.3 Å². The Labute approximate surface area is 233 Å². The van der Waals surface area contributed by atoms with Crippen molar-refractivity contribution in [3.8, 4) is 0 Å². The van der Waals surface area contributed by atoms with Crippen LogP contribution >= 0.6 is 0 Å². The van der Waals surface area contributed by atoms with E-state index in [1.54, 1.807) is 0 Å². The van der Waals surface area contributed by atoms with Gasteiger partial charge in [0.2, 0.25) is 11.9 Å². The first kappa shape index (κ1) is 27.8. The molecule has 4 aliphatic rings. The highest BCUT2D eigenvalue weighted by molar-refractivity contribution is 5.46. The molecule has 0 aromatic carbocycles. The first-order chi connectivity index (χ1) is 19.0. The van der Waals surface area contributed by atoms with Gasteiger partial charge in [-0.15, -0.1) is 0 Å². The number of rotatable bonds is 4. The lowest BCUT2D eigenvalue weighted by Crippen LogP contribution is -2.50. The van der Waals surface area contributed by atoms with E-state index in [0.29, 0.717) is 35.8 Å². The van der Waals surface area contributed by atoms with Crippen molar-refractivity contribution in [2.75, 3.05) is 60.5 Å². The second-order valence-corrected chi connectivity index (χ2v) is 11.9. The molecule has 2 saturated carbocycles. The molecule has 10 nitrogen and oxygen atoms in total. The molecule has 4 fully saturated rings. The smallest absolute Gasteiger partial charge is 0.222 e. The first-order valence-corrected chi connectivity index (χ1v) is 15.2. The van der Waals surface area contributed by atoms with Crippen LogP contribution in [0.15, 0.2) is 12.1 Å². The van der Waals surface area contributed by atoms with Crippen LogP contribution in [0.25, 0.3) is 0 Å². The number of piperazine rings is 2. The standard InChI is InChI=1S/C15H25N5.C14H23N5/c1-11-10-17-7-8-20(11)14-9-13(18-15(16)19-14)12-5-3-2-4-6-12;1-10-9-19(7-6-16-10)13-8-12(17-14(15)18-13)11-4-2-3-5-11/h9,11-12,17H,2-8,10H2,1H3,(H2,16,18,19);8,10-11,16H,2-7,9H2,1H3,(H2,15,17,18)/t11-;10-/m01/s1. The lowest BCUT2D eigenvalue weighted by atomic mass is 9.87. The van der Waals surface area contributed by atoms with Crippen molar-refractivity contribution < 1.29 is 0 Å². The second kappa shape index (κ2) is 13.1. The highest BCUT2D eigenvalue weighted by Gasteiger charge is 2.24. The number of aromatic nitrogens is 4. The van der Waals surface area contributed by atoms with Crippen LogP contribution in [-0.4, -0.2) is 71.3 Å². The third kappa shape index (κ3) is 7.28. The van der Waals surface area contributed by atoms with Gasteiger partial charge in [-0.3, -0.25) is 0 Å². The summed E-state index contributed by atoms with van der Waals surface area (Å²) in [5.74, 6) is 4.02. The van der Waals surface area contributed by atoms with Gasteiger partial charge in [-0.05, 0) is 39.5 Å². The maximum Gasteiger partial charge on any atom is 0.222 e. The molecule has 4 heterocycles. The fraction of sp³-hybridized carbons (Fsp3) is 0.724. The van der Waals surface area contributed by atoms with Gasteiger partial charge >= 0.3 is 0 Å². The zero-order valence-corrected chi connectivity index (χ0v) is 23.9. The van der Waals surface area contributed by atoms with Crippen molar-refractivity contribution >= 4 is 23.5 Å². The average molecular weight is 537 g/mol. The van der Waals surface area contributed by atoms with Gasteiger partial charge in [0.05, 0.1) is 11.4 Å². The quantitative estimate of drug-likeness (QED) is 0.460. The van der Waals surface area contributed by atoms with Gasteiger partial charge in [0.1, 0.15) is 11.6 Å². The molecular weight excluding hydrogens is 488 g/mol. The van der Waals surface area contributed by atoms with Crippen LogP contribution in [0.1, 0.15) is 94.9 Å². The van der Waals surface area contributed by atoms with Crippen LogP contribution in [0, 0.1) is 0 Å². The SMILES string of the molecule is C[C@@H]1CN(c2cc(C3CCCC3)nc(N)n2)CCN1.C[C@H]1CNCCN1c1cc(C2CCCCC2)nc(N)n1. The third-order valence-electron chi connectivity index (χ3n) is 8.78. The summed E-state index contributed by atoms with van der Waals surface area (Å²) in [7, 11) is 0. The Balaban J connectivity index is 0.000000158. The third-order valence-corrected chi connectivity index (χ3v) is 8.78. The molecule has 2 aromatic heterocycles. The number of hydrogen-bond acceptors (Lipinski definition) is 10. The highest BCUT2D eigenvalue weighted by atomic mass is 15.3. The van der Waals surface area contributed by atoms with Crippen molar-refractivity contribution in [1.29, 1.82) is 0 Å². The minimum atomic E-state index is 0.422. The molecular formula is C29H48N10. The monoisotopic (exact) mass is 536 g/mol. The van der Waals surface area contributed by atoms with Crippen molar-refractivity contribution in [2.24, 2.45) is 0 Å². The molecule has 214 valence electrons. The highest BCUT2D eigenvalue weighted by Crippen LogP contribution is 2.35. The van der Waals surface area contributed by atoms with E-state index in [4.69, 9.17) is 11.5 Å². The zero-order valence-electron chi connectivity index (χ0n) is 23.9. The van der Waals surface area contributed by atoms with Gasteiger partial charge in [0.25, 0.3) is 0 Å². The van der Waals surface area contributed by atoms with Crippen LogP contribution in [0.2, 0.25) is 0 Å². The number of nitrogen functional groups attached to an aromatic ring is 2. The van der Waals surface area contributed by atoms with Crippen molar-refractivity contribution in [2.45, 2.75) is 95.6 Å². The Kier molecular flexibility index (Phi) is 9.34. The number of hydrogen-bond donors (Lipinski definition) is 4. The summed E-state index contributed by atoms with van der Waals surface area (Å²) in [5, 5.41) is 6.86. The summed E-state index contributed by atoms with van der Waals surface area (Å²) in [6, 6.07) is 5.29. The summed E-state index contributed by atoms with van der Waals surface area (Å²) < 4.78 is 0. The van der Waals surface area contributed by atoms with Gasteiger partial charge < -0.3 is 31.9 Å². The summed E-state index contributed by atoms with van der Waals surface area (Å²) in [6.07, 6.45) is 11.6. The van der Waals surface area contributed by atoms with Gasteiger partial charge in [-0.1, -0.05) is 32.1 Å². The van der Waals surface area contributed by atoms with Crippen LogP contribution in [0.3, 0.4) is 0 Å². The molecule has 2 aliphatic carbocycles. The maximum absolute atomic E-state index is 5.95. The largest absolute Gasteiger partial charge is 0.368 e. The lowest BCUT2D eigenvalue weighted by Gasteiger charge is -2.35. The summed E-state index contributed by atoms with van der Waals surface area (Å²) in [6.45, 7) is 10.4. The Bertz CT molecular complexity index is 1070. The molecule has 0 amide bonds. The number of nitrogens with one attached hydrogen (secondary N) is 2. The number of anilines is 4. The fourth-order valence-corrected chi connectivity index (χ4v) is 6.61. The van der Waals surface area contributed by atoms with E-state index in [1.165, 1.54) is 57.8 Å². The van der Waals surface area contributed by atoms with E-state index >= 15 is 0 Å². The molecule has 10 heteroatoms. The zero-order chi connectivity index (χ0) is 27.2. The molecule has 0 spiro atoms. The van der Waals surface area contributed by atoms with Crippen LogP contribution < -0.4 is 31.9 Å². The molecule has 39 heavy (non-hydrogen) atoms. The van der Waals surface area contributed by atoms with E-state index in [1.807, 2.05) is 0 Å². The molecule has 2 saturated heterocycles. The van der Waals surface area contributed by atoms with E-state index in [9.17, 15) is 0 Å². The predicted octanol–water partition coefficient (Wildman–Crippen LogP) is 3.42. The molecule has 0 bridgehead atoms. The molecule has 6 N–H and O–H groups in total. The minimum absolute atomic E-state index is 0.422. The van der Waals surface area contributed by atoms with Crippen molar-refractivity contribution in [1.82, 2.24) is 30.6 Å². The van der Waals surface area contributed by atoms with E-state index < -0.39 is 0 Å². The van der Waals surface area contributed by atoms with Crippen LogP contribution in [-0.2, 0) is 0 Å². The summed E-state index contributed by atoms with van der Waals surface area (Å²) in [5.41, 5.74) is 14.2. The Morgan fingerprint density at radius 1 is 0.744 bits per heavy atom. The van der Waals surface area contributed by atoms with Gasteiger partial charge in [-0.2, -0.15) is 9.97 Å². The predicted molar refractivity (Wildman–Crippen MR) is 159 cm³/mol. The van der Waals surface area contributed by atoms with Gasteiger partial charge in [0.15, 0.2) is 0 Å². The average Bonchev–Trinajstić information content (AvgIpc) is 3.49. The minimum Gasteiger partial charge on any atom is -0.368 e. The molecule has 0 radical (unpaired) electrons. The maximum atomic E-state index is 5.95.